The van der Waals surface area contributed by atoms with Gasteiger partial charge < -0.3 is 19.4 Å². The van der Waals surface area contributed by atoms with Crippen molar-refractivity contribution < 1.29 is 37.3 Å². The molecular weight excluding hydrogens is 1050 g/mol. The van der Waals surface area contributed by atoms with E-state index in [1.807, 2.05) is 39.4 Å². The number of amides is 1. The predicted octanol–water partition coefficient (Wildman–Crippen LogP) is 21.7. The summed E-state index contributed by atoms with van der Waals surface area (Å²) < 4.78 is 30.7. The maximum absolute atomic E-state index is 13.6. The normalized spacial score (nSPS) is 14.3. The average Bonchev–Trinajstić information content (AvgIpc) is 3.51. The van der Waals surface area contributed by atoms with E-state index in [4.69, 9.17) is 13.8 Å². The third kappa shape index (κ3) is 63.0. The molecule has 0 aliphatic heterocycles. The second-order valence-electron chi connectivity index (χ2n) is 24.0. The molecule has 0 heterocycles. The van der Waals surface area contributed by atoms with Gasteiger partial charge in [-0.15, -0.1) is 0 Å². The average molecular weight is 1180 g/mol. The Labute approximate surface area is 512 Å². The lowest BCUT2D eigenvalue weighted by atomic mass is 10.0. The molecule has 0 saturated carbocycles. The van der Waals surface area contributed by atoms with Crippen molar-refractivity contribution in [3.63, 3.8) is 0 Å². The van der Waals surface area contributed by atoms with E-state index in [1.54, 1.807) is 0 Å². The lowest BCUT2D eigenvalue weighted by Crippen LogP contribution is -2.47. The van der Waals surface area contributed by atoms with Gasteiger partial charge in [-0.2, -0.15) is 0 Å². The second-order valence-corrected chi connectivity index (χ2v) is 25.4. The summed E-state index contributed by atoms with van der Waals surface area (Å²) in [6.07, 6.45) is 85.5. The molecule has 83 heavy (non-hydrogen) atoms. The molecule has 0 rings (SSSR count). The number of carbonyl (C=O) groups is 2. The Kier molecular flexibility index (Phi) is 59.3. The number of esters is 1. The number of nitrogens with one attached hydrogen (secondary N) is 1. The van der Waals surface area contributed by atoms with Crippen LogP contribution in [-0.2, 0) is 27.9 Å². The Balaban J connectivity index is 5.10. The van der Waals surface area contributed by atoms with Gasteiger partial charge in [0.15, 0.2) is 0 Å². The van der Waals surface area contributed by atoms with Gasteiger partial charge in [0.05, 0.1) is 33.8 Å². The van der Waals surface area contributed by atoms with Gasteiger partial charge in [0.1, 0.15) is 19.3 Å². The number of phosphoric ester groups is 1. The summed E-state index contributed by atoms with van der Waals surface area (Å²) in [7, 11) is 1.45. The molecule has 0 aliphatic carbocycles. The number of likely N-dealkylation sites (N-methyl/N-ethyl adjacent to an activating group) is 1. The number of nitrogens with zero attached hydrogens (tertiary/aromatic N) is 1. The Morgan fingerprint density at radius 2 is 0.783 bits per heavy atom. The maximum atomic E-state index is 13.6. The minimum atomic E-state index is -4.47. The van der Waals surface area contributed by atoms with Crippen molar-refractivity contribution in [3.05, 3.63) is 109 Å². The quantitative estimate of drug-likeness (QED) is 0.0205. The standard InChI is InChI=1S/C73H129N2O7P/c1-7-10-13-16-19-22-25-27-29-31-33-34-35-36-37-38-39-40-42-43-45-47-50-53-56-59-62-65-72(76)74-70(69-81-83(78,79)80-68-67-75(4,5)6)71(64-61-58-55-52-49-24-21-18-15-12-9-3)82-73(77)66-63-60-57-54-51-48-46-44-41-32-30-28-26-23-20-17-14-11-8-2/h11,14,19-20,22-23,27-30,41,44,48,51,57,60-61,64,70-71H,7-10,12-13,15-18,21,24-26,31-40,42-43,45-47,49-50,52-56,58-59,62-63,65-69H2,1-6H3,(H-,74,76,78,79)/p+1/b14-11-,22-19-,23-20-,29-27-,30-28-,44-41-,51-48-,60-57-,64-61-. The van der Waals surface area contributed by atoms with Gasteiger partial charge in [-0.1, -0.05) is 285 Å². The van der Waals surface area contributed by atoms with Crippen LogP contribution in [0.3, 0.4) is 0 Å². The molecule has 0 radical (unpaired) electrons. The van der Waals surface area contributed by atoms with Crippen LogP contribution in [0.2, 0.25) is 0 Å². The highest BCUT2D eigenvalue weighted by molar-refractivity contribution is 7.47. The minimum Gasteiger partial charge on any atom is -0.456 e. The SMILES string of the molecule is CC/C=C\C/C=C\C/C=C\C/C=C\C/C=C\C/C=C\CCC(=O)OC(/C=C\CCCCCCCCCCC)C(COP(=O)(O)OCC[N+](C)(C)C)NC(=O)CCCCCCCCCCCCCCCCCCC/C=C\C/C=C\CCCCC. The molecule has 0 spiro atoms. The first-order valence-electron chi connectivity index (χ1n) is 34.2. The number of unbranched alkanes of at least 4 members (excludes halogenated alkanes) is 29. The summed E-state index contributed by atoms with van der Waals surface area (Å²) >= 11 is 0. The molecule has 0 aromatic carbocycles. The summed E-state index contributed by atoms with van der Waals surface area (Å²) in [6, 6.07) is -0.885. The summed E-state index contributed by atoms with van der Waals surface area (Å²) in [6.45, 7) is 6.83. The molecule has 0 bridgehead atoms. The highest BCUT2D eigenvalue weighted by Crippen LogP contribution is 2.43. The van der Waals surface area contributed by atoms with Gasteiger partial charge in [0.25, 0.3) is 0 Å². The molecule has 3 unspecified atom stereocenters. The summed E-state index contributed by atoms with van der Waals surface area (Å²) in [5.41, 5.74) is 0. The van der Waals surface area contributed by atoms with E-state index >= 15 is 0 Å². The largest absolute Gasteiger partial charge is 0.472 e. The molecule has 9 nitrogen and oxygen atoms in total. The third-order valence-electron chi connectivity index (χ3n) is 14.7. The highest BCUT2D eigenvalue weighted by Gasteiger charge is 2.30. The van der Waals surface area contributed by atoms with Crippen LogP contribution in [0, 0.1) is 0 Å². The molecular formula is C73H130N2O7P+. The van der Waals surface area contributed by atoms with Crippen LogP contribution in [0.15, 0.2) is 109 Å². The van der Waals surface area contributed by atoms with Crippen molar-refractivity contribution in [3.8, 4) is 0 Å². The summed E-state index contributed by atoms with van der Waals surface area (Å²) in [5, 5.41) is 3.04. The van der Waals surface area contributed by atoms with Crippen LogP contribution < -0.4 is 5.32 Å². The zero-order valence-corrected chi connectivity index (χ0v) is 55.6. The van der Waals surface area contributed by atoms with Gasteiger partial charge in [-0.3, -0.25) is 18.6 Å². The predicted molar refractivity (Wildman–Crippen MR) is 360 cm³/mol. The first kappa shape index (κ1) is 79.7. The molecule has 0 aromatic rings. The van der Waals surface area contributed by atoms with Crippen LogP contribution in [0.25, 0.3) is 0 Å². The molecule has 0 aliphatic rings. The molecule has 0 saturated heterocycles. The lowest BCUT2D eigenvalue weighted by molar-refractivity contribution is -0.870. The minimum absolute atomic E-state index is 0.0251. The zero-order chi connectivity index (χ0) is 60.7. The van der Waals surface area contributed by atoms with Crippen molar-refractivity contribution in [2.45, 2.75) is 303 Å². The number of rotatable bonds is 61. The van der Waals surface area contributed by atoms with Crippen molar-refractivity contribution in [1.82, 2.24) is 5.32 Å². The van der Waals surface area contributed by atoms with Crippen LogP contribution in [-0.4, -0.2) is 74.3 Å². The lowest BCUT2D eigenvalue weighted by Gasteiger charge is -2.27. The fourth-order valence-electron chi connectivity index (χ4n) is 9.47. The monoisotopic (exact) mass is 1180 g/mol. The maximum Gasteiger partial charge on any atom is 0.472 e. The summed E-state index contributed by atoms with van der Waals surface area (Å²) in [4.78, 5) is 37.8. The van der Waals surface area contributed by atoms with Crippen molar-refractivity contribution in [2.75, 3.05) is 40.9 Å². The molecule has 478 valence electrons. The fourth-order valence-corrected chi connectivity index (χ4v) is 10.2. The first-order chi connectivity index (χ1) is 40.4. The van der Waals surface area contributed by atoms with E-state index in [1.165, 1.54) is 167 Å². The smallest absolute Gasteiger partial charge is 0.456 e. The van der Waals surface area contributed by atoms with E-state index in [0.717, 1.165) is 83.5 Å². The number of hydrogen-bond donors (Lipinski definition) is 2. The van der Waals surface area contributed by atoms with E-state index in [9.17, 15) is 19.0 Å². The Bertz CT molecular complexity index is 1790. The first-order valence-corrected chi connectivity index (χ1v) is 35.7. The number of ether oxygens (including phenoxy) is 1. The number of phosphoric acid groups is 1. The molecule has 10 heteroatoms. The van der Waals surface area contributed by atoms with Crippen molar-refractivity contribution >= 4 is 19.7 Å². The van der Waals surface area contributed by atoms with Gasteiger partial charge >= 0.3 is 13.8 Å². The zero-order valence-electron chi connectivity index (χ0n) is 54.7. The van der Waals surface area contributed by atoms with Crippen LogP contribution in [0.4, 0.5) is 0 Å². The second kappa shape index (κ2) is 61.7. The molecule has 0 fully saturated rings. The third-order valence-corrected chi connectivity index (χ3v) is 15.7. The summed E-state index contributed by atoms with van der Waals surface area (Å²) in [5.74, 6) is -0.602. The number of hydrogen-bond acceptors (Lipinski definition) is 6. The number of quaternary nitrogens is 1. The van der Waals surface area contributed by atoms with Gasteiger partial charge in [0.2, 0.25) is 5.91 Å². The molecule has 1 amide bonds. The molecule has 0 aromatic heterocycles. The Morgan fingerprint density at radius 3 is 1.20 bits per heavy atom. The molecule has 2 N–H and O–H groups in total. The van der Waals surface area contributed by atoms with E-state index in [0.29, 0.717) is 23.9 Å². The topological polar surface area (TPSA) is 111 Å². The highest BCUT2D eigenvalue weighted by atomic mass is 31.2. The Morgan fingerprint density at radius 1 is 0.434 bits per heavy atom. The van der Waals surface area contributed by atoms with E-state index < -0.39 is 25.9 Å². The van der Waals surface area contributed by atoms with Crippen LogP contribution >= 0.6 is 7.82 Å². The van der Waals surface area contributed by atoms with Crippen LogP contribution in [0.1, 0.15) is 290 Å². The Hall–Kier alpha value is -3.33. The fraction of sp³-hybridized carbons (Fsp3) is 0.726. The number of carbonyl (C=O) groups excluding carboxylic acids is 2. The van der Waals surface area contributed by atoms with Gasteiger partial charge in [-0.05, 0) is 102 Å². The van der Waals surface area contributed by atoms with Gasteiger partial charge in [0, 0.05) is 12.8 Å². The van der Waals surface area contributed by atoms with E-state index in [2.05, 4.69) is 117 Å². The van der Waals surface area contributed by atoms with Crippen LogP contribution in [0.5, 0.6) is 0 Å². The molecule has 3 atom stereocenters. The number of allylic oxidation sites excluding steroid dienone is 17. The van der Waals surface area contributed by atoms with Crippen molar-refractivity contribution in [2.24, 2.45) is 0 Å². The van der Waals surface area contributed by atoms with Gasteiger partial charge in [-0.25, -0.2) is 4.57 Å². The van der Waals surface area contributed by atoms with E-state index in [-0.39, 0.29) is 25.5 Å². The van der Waals surface area contributed by atoms with Crippen molar-refractivity contribution in [1.29, 1.82) is 0 Å².